The van der Waals surface area contributed by atoms with E-state index in [1.54, 1.807) is 0 Å². The largest absolute Gasteiger partial charge is 0.354 e. The van der Waals surface area contributed by atoms with Crippen LogP contribution in [0.4, 0.5) is 0 Å². The second kappa shape index (κ2) is 6.25. The van der Waals surface area contributed by atoms with E-state index < -0.39 is 0 Å². The number of hydrogen-bond donors (Lipinski definition) is 2. The normalized spacial score (nSPS) is 35.9. The SMILES string of the molecule is O=C(NCC1CCCC1)C1CCC2CCCCC2N1. The Hall–Kier alpha value is -0.570. The highest BCUT2D eigenvalue weighted by atomic mass is 16.2. The summed E-state index contributed by atoms with van der Waals surface area (Å²) in [6.45, 7) is 0.908. The summed E-state index contributed by atoms with van der Waals surface area (Å²) in [5.74, 6) is 1.85. The van der Waals surface area contributed by atoms with Crippen molar-refractivity contribution < 1.29 is 4.79 Å². The molecule has 0 bridgehead atoms. The second-order valence-electron chi connectivity index (χ2n) is 6.84. The molecule has 1 aliphatic heterocycles. The van der Waals surface area contributed by atoms with Gasteiger partial charge in [0.05, 0.1) is 6.04 Å². The van der Waals surface area contributed by atoms with E-state index in [4.69, 9.17) is 0 Å². The Labute approximate surface area is 116 Å². The average Bonchev–Trinajstić information content (AvgIpc) is 2.97. The van der Waals surface area contributed by atoms with Gasteiger partial charge in [-0.1, -0.05) is 25.7 Å². The maximum atomic E-state index is 12.3. The molecule has 3 nitrogen and oxygen atoms in total. The highest BCUT2D eigenvalue weighted by molar-refractivity contribution is 5.81. The number of rotatable bonds is 3. The lowest BCUT2D eigenvalue weighted by molar-refractivity contribution is -0.124. The number of amides is 1. The van der Waals surface area contributed by atoms with E-state index in [1.807, 2.05) is 0 Å². The Morgan fingerprint density at radius 1 is 0.947 bits per heavy atom. The Bertz CT molecular complexity index is 312. The summed E-state index contributed by atoms with van der Waals surface area (Å²) in [6, 6.07) is 0.700. The number of carbonyl (C=O) groups is 1. The minimum atomic E-state index is 0.0840. The molecule has 3 rings (SSSR count). The van der Waals surface area contributed by atoms with Crippen molar-refractivity contribution in [1.29, 1.82) is 0 Å². The maximum Gasteiger partial charge on any atom is 0.237 e. The quantitative estimate of drug-likeness (QED) is 0.822. The van der Waals surface area contributed by atoms with Crippen LogP contribution < -0.4 is 10.6 Å². The monoisotopic (exact) mass is 264 g/mol. The summed E-state index contributed by atoms with van der Waals surface area (Å²) in [4.78, 5) is 12.3. The molecule has 1 heterocycles. The van der Waals surface area contributed by atoms with Crippen molar-refractivity contribution in [1.82, 2.24) is 10.6 Å². The molecule has 3 aliphatic rings. The van der Waals surface area contributed by atoms with E-state index >= 15 is 0 Å². The van der Waals surface area contributed by atoms with E-state index in [-0.39, 0.29) is 11.9 Å². The molecule has 0 aromatic rings. The molecule has 0 radical (unpaired) electrons. The molecule has 108 valence electrons. The van der Waals surface area contributed by atoms with Crippen molar-refractivity contribution in [3.8, 4) is 0 Å². The van der Waals surface area contributed by atoms with Gasteiger partial charge < -0.3 is 10.6 Å². The summed E-state index contributed by atoms with van der Waals surface area (Å²) in [5.41, 5.74) is 0. The van der Waals surface area contributed by atoms with Gasteiger partial charge in [-0.3, -0.25) is 4.79 Å². The zero-order valence-electron chi connectivity index (χ0n) is 12.0. The highest BCUT2D eigenvalue weighted by Gasteiger charge is 2.34. The molecule has 3 heteroatoms. The van der Waals surface area contributed by atoms with Crippen molar-refractivity contribution >= 4 is 5.91 Å². The molecule has 2 N–H and O–H groups in total. The molecule has 19 heavy (non-hydrogen) atoms. The van der Waals surface area contributed by atoms with Gasteiger partial charge in [-0.05, 0) is 50.4 Å². The Kier molecular flexibility index (Phi) is 4.42. The van der Waals surface area contributed by atoms with Gasteiger partial charge in [-0.15, -0.1) is 0 Å². The molecular formula is C16H28N2O. The van der Waals surface area contributed by atoms with Crippen LogP contribution in [0.15, 0.2) is 0 Å². The molecule has 0 aromatic heterocycles. The number of hydrogen-bond acceptors (Lipinski definition) is 2. The van der Waals surface area contributed by atoms with Crippen LogP contribution in [0.5, 0.6) is 0 Å². The fourth-order valence-electron chi connectivity index (χ4n) is 4.28. The fraction of sp³-hybridized carbons (Fsp3) is 0.938. The lowest BCUT2D eigenvalue weighted by Gasteiger charge is -2.40. The summed E-state index contributed by atoms with van der Waals surface area (Å²) >= 11 is 0. The predicted octanol–water partition coefficient (Wildman–Crippen LogP) is 2.60. The first-order valence-electron chi connectivity index (χ1n) is 8.36. The second-order valence-corrected chi connectivity index (χ2v) is 6.84. The first-order valence-corrected chi connectivity index (χ1v) is 8.36. The molecule has 0 aromatic carbocycles. The van der Waals surface area contributed by atoms with Crippen molar-refractivity contribution in [2.75, 3.05) is 6.54 Å². The van der Waals surface area contributed by atoms with Gasteiger partial charge in [0.15, 0.2) is 0 Å². The van der Waals surface area contributed by atoms with Crippen LogP contribution in [0.2, 0.25) is 0 Å². The summed E-state index contributed by atoms with van der Waals surface area (Å²) in [6.07, 6.45) is 13.0. The molecular weight excluding hydrogens is 236 g/mol. The number of carbonyl (C=O) groups excluding carboxylic acids is 1. The van der Waals surface area contributed by atoms with Crippen LogP contribution in [0.25, 0.3) is 0 Å². The van der Waals surface area contributed by atoms with Crippen LogP contribution in [0.1, 0.15) is 64.2 Å². The molecule has 3 unspecified atom stereocenters. The van der Waals surface area contributed by atoms with Gasteiger partial charge in [0.2, 0.25) is 5.91 Å². The van der Waals surface area contributed by atoms with Crippen LogP contribution >= 0.6 is 0 Å². The average molecular weight is 264 g/mol. The van der Waals surface area contributed by atoms with Crippen LogP contribution in [0, 0.1) is 11.8 Å². The van der Waals surface area contributed by atoms with E-state index in [0.29, 0.717) is 6.04 Å². The first-order chi connectivity index (χ1) is 9.33. The summed E-state index contributed by atoms with van der Waals surface area (Å²) in [7, 11) is 0. The van der Waals surface area contributed by atoms with Crippen molar-refractivity contribution in [3.63, 3.8) is 0 Å². The van der Waals surface area contributed by atoms with Gasteiger partial charge in [-0.25, -0.2) is 0 Å². The number of piperidine rings is 1. The summed E-state index contributed by atoms with van der Waals surface area (Å²) in [5, 5.41) is 6.81. The molecule has 0 spiro atoms. The topological polar surface area (TPSA) is 41.1 Å². The maximum absolute atomic E-state index is 12.3. The van der Waals surface area contributed by atoms with Crippen molar-refractivity contribution in [2.45, 2.75) is 76.3 Å². The third kappa shape index (κ3) is 3.31. The van der Waals surface area contributed by atoms with Gasteiger partial charge in [0.1, 0.15) is 0 Å². The van der Waals surface area contributed by atoms with Crippen molar-refractivity contribution in [2.24, 2.45) is 11.8 Å². The predicted molar refractivity (Wildman–Crippen MR) is 76.9 cm³/mol. The standard InChI is InChI=1S/C16H28N2O/c19-16(17-11-12-5-1-2-6-12)15-10-9-13-7-3-4-8-14(13)18-15/h12-15,18H,1-11H2,(H,17,19). The zero-order valence-corrected chi connectivity index (χ0v) is 12.0. The van der Waals surface area contributed by atoms with E-state index in [2.05, 4.69) is 10.6 Å². The fourth-order valence-corrected chi connectivity index (χ4v) is 4.28. The van der Waals surface area contributed by atoms with E-state index in [0.717, 1.165) is 24.8 Å². The lowest BCUT2D eigenvalue weighted by atomic mass is 9.77. The van der Waals surface area contributed by atoms with Crippen LogP contribution in [-0.4, -0.2) is 24.5 Å². The van der Waals surface area contributed by atoms with Gasteiger partial charge in [0.25, 0.3) is 0 Å². The number of nitrogens with one attached hydrogen (secondary N) is 2. The van der Waals surface area contributed by atoms with E-state index in [1.165, 1.54) is 57.8 Å². The molecule has 1 saturated heterocycles. The van der Waals surface area contributed by atoms with Crippen LogP contribution in [0.3, 0.4) is 0 Å². The Morgan fingerprint density at radius 2 is 1.68 bits per heavy atom. The third-order valence-corrected chi connectivity index (χ3v) is 5.51. The Balaban J connectivity index is 1.44. The minimum Gasteiger partial charge on any atom is -0.354 e. The van der Waals surface area contributed by atoms with Gasteiger partial charge in [0, 0.05) is 12.6 Å². The molecule has 2 saturated carbocycles. The number of fused-ring (bicyclic) bond motifs is 1. The first kappa shape index (κ1) is 13.4. The molecule has 3 fully saturated rings. The van der Waals surface area contributed by atoms with Gasteiger partial charge in [-0.2, -0.15) is 0 Å². The summed E-state index contributed by atoms with van der Waals surface area (Å²) < 4.78 is 0. The highest BCUT2D eigenvalue weighted by Crippen LogP contribution is 2.32. The molecule has 2 aliphatic carbocycles. The molecule has 1 amide bonds. The zero-order chi connectivity index (χ0) is 13.1. The van der Waals surface area contributed by atoms with Gasteiger partial charge >= 0.3 is 0 Å². The molecule has 3 atom stereocenters. The Morgan fingerprint density at radius 3 is 2.53 bits per heavy atom. The van der Waals surface area contributed by atoms with E-state index in [9.17, 15) is 4.79 Å². The minimum absolute atomic E-state index is 0.0840. The van der Waals surface area contributed by atoms with Crippen LogP contribution in [-0.2, 0) is 4.79 Å². The lowest BCUT2D eigenvalue weighted by Crippen LogP contribution is -2.55. The third-order valence-electron chi connectivity index (χ3n) is 5.51. The smallest absolute Gasteiger partial charge is 0.237 e. The van der Waals surface area contributed by atoms with Crippen molar-refractivity contribution in [3.05, 3.63) is 0 Å².